The highest BCUT2D eigenvalue weighted by Crippen LogP contribution is 2.27. The van der Waals surface area contributed by atoms with Gasteiger partial charge in [-0.25, -0.2) is 4.79 Å². The van der Waals surface area contributed by atoms with Crippen molar-refractivity contribution in [2.45, 2.75) is 58.3 Å². The van der Waals surface area contributed by atoms with E-state index in [9.17, 15) is 4.79 Å². The zero-order chi connectivity index (χ0) is 18.1. The predicted octanol–water partition coefficient (Wildman–Crippen LogP) is 5.06. The minimum atomic E-state index is -0.506. The summed E-state index contributed by atoms with van der Waals surface area (Å²) < 4.78 is 12.5. The van der Waals surface area contributed by atoms with Crippen LogP contribution < -0.4 is 0 Å². The van der Waals surface area contributed by atoms with E-state index in [0.717, 1.165) is 10.0 Å². The monoisotopic (exact) mass is 417 g/mol. The first-order valence-corrected chi connectivity index (χ1v) is 9.22. The Morgan fingerprint density at radius 2 is 2.12 bits per heavy atom. The molecule has 1 fully saturated rings. The summed E-state index contributed by atoms with van der Waals surface area (Å²) in [6, 6.07) is 5.87. The number of hydrogen-bond donors (Lipinski definition) is 0. The Kier molecular flexibility index (Phi) is 5.88. The maximum absolute atomic E-state index is 12.4. The molecule has 1 aliphatic rings. The number of morpholine rings is 1. The van der Waals surface area contributed by atoms with Crippen LogP contribution in [0.2, 0.25) is 5.02 Å². The lowest BCUT2D eigenvalue weighted by Crippen LogP contribution is -2.56. The smallest absolute Gasteiger partial charge is 0.410 e. The zero-order valence-corrected chi connectivity index (χ0v) is 17.2. The highest BCUT2D eigenvalue weighted by Gasteiger charge is 2.37. The molecule has 1 aromatic rings. The van der Waals surface area contributed by atoms with Gasteiger partial charge in [0.2, 0.25) is 0 Å². The first-order valence-electron chi connectivity index (χ1n) is 8.05. The van der Waals surface area contributed by atoms with Crippen molar-refractivity contribution in [1.29, 1.82) is 0 Å². The number of nitrogens with zero attached hydrogens (tertiary/aromatic N) is 1. The van der Waals surface area contributed by atoms with Gasteiger partial charge in [-0.1, -0.05) is 17.7 Å². The molecule has 6 heteroatoms. The van der Waals surface area contributed by atoms with Crippen molar-refractivity contribution >= 4 is 33.6 Å². The van der Waals surface area contributed by atoms with Crippen molar-refractivity contribution in [1.82, 2.24) is 4.90 Å². The van der Waals surface area contributed by atoms with E-state index in [-0.39, 0.29) is 12.2 Å². The van der Waals surface area contributed by atoms with E-state index in [1.54, 1.807) is 4.90 Å². The van der Waals surface area contributed by atoms with Gasteiger partial charge < -0.3 is 14.4 Å². The standard InChI is InChI=1S/C18H25BrClNO3/c1-17(2,3)24-16(22)21-10-13(23-18(4,5)11-21)8-12-6-7-14(19)15(20)9-12/h6-7,9,13H,8,10-11H2,1-5H3. The molecule has 0 aliphatic carbocycles. The van der Waals surface area contributed by atoms with Crippen LogP contribution in [0.15, 0.2) is 22.7 Å². The second-order valence-corrected chi connectivity index (χ2v) is 9.07. The van der Waals surface area contributed by atoms with Crippen molar-refractivity contribution in [3.63, 3.8) is 0 Å². The Labute approximate surface area is 157 Å². The van der Waals surface area contributed by atoms with Crippen LogP contribution in [0.5, 0.6) is 0 Å². The van der Waals surface area contributed by atoms with Crippen LogP contribution in [0, 0.1) is 0 Å². The second kappa shape index (κ2) is 7.22. The third-order valence-electron chi connectivity index (χ3n) is 3.58. The lowest BCUT2D eigenvalue weighted by Gasteiger charge is -2.43. The number of benzene rings is 1. The lowest BCUT2D eigenvalue weighted by atomic mass is 10.0. The molecule has 0 N–H and O–H groups in total. The molecule has 1 atom stereocenters. The summed E-state index contributed by atoms with van der Waals surface area (Å²) in [5, 5.41) is 0.673. The van der Waals surface area contributed by atoms with Crippen LogP contribution in [-0.2, 0) is 15.9 Å². The van der Waals surface area contributed by atoms with Gasteiger partial charge in [-0.15, -0.1) is 0 Å². The highest BCUT2D eigenvalue weighted by atomic mass is 79.9. The number of hydrogen-bond acceptors (Lipinski definition) is 3. The number of carbonyl (C=O) groups excluding carboxylic acids is 1. The molecule has 24 heavy (non-hydrogen) atoms. The number of carbonyl (C=O) groups is 1. The maximum atomic E-state index is 12.4. The molecule has 1 aromatic carbocycles. The van der Waals surface area contributed by atoms with E-state index >= 15 is 0 Å². The Balaban J connectivity index is 2.09. The molecule has 134 valence electrons. The number of ether oxygens (including phenoxy) is 2. The molecule has 1 heterocycles. The SMILES string of the molecule is CC(C)(C)OC(=O)N1CC(Cc2ccc(Br)c(Cl)c2)OC(C)(C)C1. The fraction of sp³-hybridized carbons (Fsp3) is 0.611. The minimum absolute atomic E-state index is 0.0986. The summed E-state index contributed by atoms with van der Waals surface area (Å²) >= 11 is 9.56. The fourth-order valence-corrected chi connectivity index (χ4v) is 3.25. The Morgan fingerprint density at radius 3 is 2.71 bits per heavy atom. The summed E-state index contributed by atoms with van der Waals surface area (Å²) in [6.45, 7) is 10.6. The fourth-order valence-electron chi connectivity index (χ4n) is 2.80. The molecule has 1 saturated heterocycles. The molecule has 0 saturated carbocycles. The van der Waals surface area contributed by atoms with Gasteiger partial charge in [0.05, 0.1) is 29.8 Å². The molecule has 0 aromatic heterocycles. The van der Waals surface area contributed by atoms with Crippen molar-refractivity contribution in [3.8, 4) is 0 Å². The molecule has 4 nitrogen and oxygen atoms in total. The summed E-state index contributed by atoms with van der Waals surface area (Å²) in [7, 11) is 0. The Bertz CT molecular complexity index is 613. The van der Waals surface area contributed by atoms with Crippen molar-refractivity contribution in [3.05, 3.63) is 33.3 Å². The van der Waals surface area contributed by atoms with Crippen LogP contribution in [0.25, 0.3) is 0 Å². The molecule has 0 radical (unpaired) electrons. The minimum Gasteiger partial charge on any atom is -0.444 e. The predicted molar refractivity (Wildman–Crippen MR) is 99.6 cm³/mol. The van der Waals surface area contributed by atoms with Crippen LogP contribution >= 0.6 is 27.5 Å². The molecule has 0 bridgehead atoms. The Hall–Kier alpha value is -0.780. The molecule has 2 rings (SSSR count). The van der Waals surface area contributed by atoms with E-state index in [1.165, 1.54) is 0 Å². The topological polar surface area (TPSA) is 38.8 Å². The zero-order valence-electron chi connectivity index (χ0n) is 14.9. The van der Waals surface area contributed by atoms with Crippen molar-refractivity contribution < 1.29 is 14.3 Å². The van der Waals surface area contributed by atoms with Gasteiger partial charge in [0, 0.05) is 10.9 Å². The van der Waals surface area contributed by atoms with Gasteiger partial charge in [0.1, 0.15) is 5.60 Å². The normalized spacial score (nSPS) is 20.8. The van der Waals surface area contributed by atoms with Gasteiger partial charge in [-0.2, -0.15) is 0 Å². The van der Waals surface area contributed by atoms with Crippen LogP contribution in [0.3, 0.4) is 0 Å². The molecule has 1 unspecified atom stereocenters. The summed E-state index contributed by atoms with van der Waals surface area (Å²) in [6.07, 6.45) is 0.298. The quantitative estimate of drug-likeness (QED) is 0.674. The first kappa shape index (κ1) is 19.5. The Morgan fingerprint density at radius 1 is 1.46 bits per heavy atom. The molecule has 0 spiro atoms. The molecular formula is C18H25BrClNO3. The largest absolute Gasteiger partial charge is 0.444 e. The number of rotatable bonds is 2. The third kappa shape index (κ3) is 5.64. The van der Waals surface area contributed by atoms with Crippen LogP contribution in [-0.4, -0.2) is 41.4 Å². The average Bonchev–Trinajstić information content (AvgIpc) is 2.39. The van der Waals surface area contributed by atoms with Gasteiger partial charge in [-0.3, -0.25) is 0 Å². The van der Waals surface area contributed by atoms with E-state index < -0.39 is 11.2 Å². The molecule has 1 amide bonds. The summed E-state index contributed by atoms with van der Waals surface area (Å²) in [5.41, 5.74) is 0.155. The van der Waals surface area contributed by atoms with Gasteiger partial charge in [-0.05, 0) is 68.2 Å². The van der Waals surface area contributed by atoms with Gasteiger partial charge in [0.15, 0.2) is 0 Å². The number of amides is 1. The third-order valence-corrected chi connectivity index (χ3v) is 4.81. The average molecular weight is 419 g/mol. The number of halogens is 2. The lowest BCUT2D eigenvalue weighted by molar-refractivity contribution is -0.132. The van der Waals surface area contributed by atoms with Crippen molar-refractivity contribution in [2.75, 3.05) is 13.1 Å². The van der Waals surface area contributed by atoms with Crippen LogP contribution in [0.4, 0.5) is 4.79 Å². The second-order valence-electron chi connectivity index (χ2n) is 7.81. The van der Waals surface area contributed by atoms with Gasteiger partial charge >= 0.3 is 6.09 Å². The molecule has 1 aliphatic heterocycles. The van der Waals surface area contributed by atoms with Crippen LogP contribution in [0.1, 0.15) is 40.2 Å². The maximum Gasteiger partial charge on any atom is 0.410 e. The molecular weight excluding hydrogens is 394 g/mol. The van der Waals surface area contributed by atoms with E-state index in [1.807, 2.05) is 52.8 Å². The highest BCUT2D eigenvalue weighted by molar-refractivity contribution is 9.10. The van der Waals surface area contributed by atoms with E-state index in [2.05, 4.69) is 15.9 Å². The van der Waals surface area contributed by atoms with Crippen molar-refractivity contribution in [2.24, 2.45) is 0 Å². The van der Waals surface area contributed by atoms with E-state index in [4.69, 9.17) is 21.1 Å². The summed E-state index contributed by atoms with van der Waals surface area (Å²) in [5.74, 6) is 0. The van der Waals surface area contributed by atoms with E-state index in [0.29, 0.717) is 24.5 Å². The summed E-state index contributed by atoms with van der Waals surface area (Å²) in [4.78, 5) is 14.2. The first-order chi connectivity index (χ1) is 11.0. The van der Waals surface area contributed by atoms with Gasteiger partial charge in [0.25, 0.3) is 0 Å².